The van der Waals surface area contributed by atoms with Crippen molar-refractivity contribution in [3.8, 4) is 0 Å². The maximum Gasteiger partial charge on any atom is 3.00 e. The van der Waals surface area contributed by atoms with Crippen LogP contribution in [0.1, 0.15) is 0 Å². The van der Waals surface area contributed by atoms with Crippen LogP contribution in [0.25, 0.3) is 0 Å². The molecule has 0 saturated heterocycles. The molecule has 0 N–H and O–H groups in total. The van der Waals surface area contributed by atoms with Crippen LogP contribution in [0.2, 0.25) is 0 Å². The van der Waals surface area contributed by atoms with Crippen molar-refractivity contribution in [2.24, 2.45) is 0 Å². The van der Waals surface area contributed by atoms with Crippen LogP contribution in [0.15, 0.2) is 0 Å². The van der Waals surface area contributed by atoms with Crippen LogP contribution in [0.3, 0.4) is 0 Å². The molecule has 4 heavy (non-hydrogen) atoms. The maximum absolute atomic E-state index is 0. The van der Waals surface area contributed by atoms with Gasteiger partial charge in [0.2, 0.25) is 0 Å². The zero-order valence-corrected chi connectivity index (χ0v) is 10.5. The largest absolute Gasteiger partial charge is 3.00 e. The van der Waals surface area contributed by atoms with Gasteiger partial charge in [0.05, 0.1) is 0 Å². The Morgan fingerprint density at radius 2 is 0.500 bits per heavy atom. The number of halogens is 3. The Balaban J connectivity index is 0. The first-order valence-corrected chi connectivity index (χ1v) is 0. The van der Waals surface area contributed by atoms with Gasteiger partial charge in [-0.05, 0) is 0 Å². The zero-order valence-electron chi connectivity index (χ0n) is 1.49. The molecule has 0 atom stereocenters. The van der Waals surface area contributed by atoms with E-state index in [1.807, 2.05) is 0 Å². The smallest absolute Gasteiger partial charge is 1.00 e. The molecule has 0 heterocycles. The van der Waals surface area contributed by atoms with E-state index in [0.717, 1.165) is 0 Å². The van der Waals surface area contributed by atoms with Crippen LogP contribution >= 0.6 is 0 Å². The molecule has 0 aliphatic rings. The predicted molar refractivity (Wildman–Crippen MR) is 0 cm³/mol. The van der Waals surface area contributed by atoms with E-state index in [2.05, 4.69) is 0 Å². The van der Waals surface area contributed by atoms with Crippen molar-refractivity contribution in [2.45, 2.75) is 0 Å². The average molecular weight is 571 g/mol. The van der Waals surface area contributed by atoms with E-state index in [4.69, 9.17) is 0 Å². The van der Waals surface area contributed by atoms with Crippen molar-refractivity contribution < 1.29 is 91.7 Å². The van der Waals surface area contributed by atoms with Crippen molar-refractivity contribution in [3.63, 3.8) is 0 Å². The van der Waals surface area contributed by atoms with Crippen LogP contribution in [0, 0.1) is 0 Å². The third-order valence-electron chi connectivity index (χ3n) is 0. The van der Waals surface area contributed by atoms with Gasteiger partial charge in [0, 0.05) is 0 Å². The standard InChI is InChI=1S/3HI.Os/h3*1H;/q;;;+3/p-3. The molecule has 0 aromatic rings. The molecule has 0 bridgehead atoms. The summed E-state index contributed by atoms with van der Waals surface area (Å²) in [6, 6.07) is 0. The van der Waals surface area contributed by atoms with Gasteiger partial charge in [-0.3, -0.25) is 0 Å². The van der Waals surface area contributed by atoms with E-state index in [-0.39, 0.29) is 91.7 Å². The van der Waals surface area contributed by atoms with Gasteiger partial charge in [-0.15, -0.1) is 0 Å². The molecule has 0 aliphatic carbocycles. The molecule has 0 unspecified atom stereocenters. The van der Waals surface area contributed by atoms with Crippen molar-refractivity contribution in [2.75, 3.05) is 0 Å². The van der Waals surface area contributed by atoms with Gasteiger partial charge in [-0.1, -0.05) is 0 Å². The molecule has 4 heteroatoms. The fourth-order valence-electron chi connectivity index (χ4n) is 0. The van der Waals surface area contributed by atoms with Gasteiger partial charge < -0.3 is 71.9 Å². The fraction of sp³-hybridized carbons (Fsp3) is 0. The molecular weight excluding hydrogens is 571 g/mol. The summed E-state index contributed by atoms with van der Waals surface area (Å²) < 4.78 is 0. The second kappa shape index (κ2) is 17.0. The summed E-state index contributed by atoms with van der Waals surface area (Å²) >= 11 is 0. The topological polar surface area (TPSA) is 0 Å². The van der Waals surface area contributed by atoms with E-state index in [1.165, 1.54) is 0 Å². The summed E-state index contributed by atoms with van der Waals surface area (Å²) in [4.78, 5) is 0. The van der Waals surface area contributed by atoms with Crippen molar-refractivity contribution in [3.05, 3.63) is 0 Å². The normalized spacial score (nSPS) is 0. The van der Waals surface area contributed by atoms with E-state index < -0.39 is 0 Å². The van der Waals surface area contributed by atoms with Crippen LogP contribution in [0.4, 0.5) is 0 Å². The Hall–Kier alpha value is 2.83. The van der Waals surface area contributed by atoms with Gasteiger partial charge in [0.25, 0.3) is 0 Å². The van der Waals surface area contributed by atoms with Crippen LogP contribution in [-0.4, -0.2) is 0 Å². The molecule has 0 spiro atoms. The Labute approximate surface area is 90.0 Å². The van der Waals surface area contributed by atoms with Crippen LogP contribution < -0.4 is 71.9 Å². The van der Waals surface area contributed by atoms with Gasteiger partial charge in [0.1, 0.15) is 0 Å². The van der Waals surface area contributed by atoms with Gasteiger partial charge >= 0.3 is 19.8 Å². The molecule has 0 amide bonds. The average Bonchev–Trinajstić information content (AvgIpc) is 0. The quantitative estimate of drug-likeness (QED) is 0.254. The van der Waals surface area contributed by atoms with E-state index in [0.29, 0.717) is 0 Å². The zero-order chi connectivity index (χ0) is 0. The van der Waals surface area contributed by atoms with Crippen LogP contribution in [0.5, 0.6) is 0 Å². The maximum atomic E-state index is 0. The molecule has 0 aliphatic heterocycles. The first-order chi connectivity index (χ1) is 0. The second-order valence-electron chi connectivity index (χ2n) is 0. The second-order valence-corrected chi connectivity index (χ2v) is 0. The number of rotatable bonds is 0. The summed E-state index contributed by atoms with van der Waals surface area (Å²) in [6.07, 6.45) is 0. The Bertz CT molecular complexity index is 3.25. The third-order valence-corrected chi connectivity index (χ3v) is 0. The number of hydrogen-bond acceptors (Lipinski definition) is 0. The first kappa shape index (κ1) is 29.0. The third kappa shape index (κ3) is 8.85. The Morgan fingerprint density at radius 1 is 0.500 bits per heavy atom. The molecule has 0 aromatic heterocycles. The molecule has 1 radical (unpaired) electrons. The summed E-state index contributed by atoms with van der Waals surface area (Å²) in [5.74, 6) is 0. The van der Waals surface area contributed by atoms with Crippen molar-refractivity contribution in [1.82, 2.24) is 0 Å². The molecule has 0 fully saturated rings. The van der Waals surface area contributed by atoms with Gasteiger partial charge in [-0.25, -0.2) is 0 Å². The van der Waals surface area contributed by atoms with E-state index in [1.54, 1.807) is 0 Å². The molecule has 0 aromatic carbocycles. The number of hydrogen-bond donors (Lipinski definition) is 0. The van der Waals surface area contributed by atoms with Crippen molar-refractivity contribution >= 4 is 0 Å². The SMILES string of the molecule is [I-].[I-].[I-].[Os+3]. The van der Waals surface area contributed by atoms with Crippen molar-refractivity contribution in [1.29, 1.82) is 0 Å². The predicted octanol–water partition coefficient (Wildman–Crippen LogP) is -8.99. The summed E-state index contributed by atoms with van der Waals surface area (Å²) in [5.41, 5.74) is 0. The van der Waals surface area contributed by atoms with E-state index >= 15 is 0 Å². The van der Waals surface area contributed by atoms with Gasteiger partial charge in [-0.2, -0.15) is 0 Å². The molecule has 0 saturated carbocycles. The van der Waals surface area contributed by atoms with Gasteiger partial charge in [0.15, 0.2) is 0 Å². The van der Waals surface area contributed by atoms with Crippen LogP contribution in [-0.2, 0) is 19.8 Å². The Kier molecular flexibility index (Phi) is 123. The minimum absolute atomic E-state index is 0. The summed E-state index contributed by atoms with van der Waals surface area (Å²) in [6.45, 7) is 0. The summed E-state index contributed by atoms with van der Waals surface area (Å²) in [5, 5.41) is 0. The fourth-order valence-corrected chi connectivity index (χ4v) is 0. The Morgan fingerprint density at radius 3 is 0.500 bits per heavy atom. The molecular formula is I3Os. The first-order valence-electron chi connectivity index (χ1n) is 0. The van der Waals surface area contributed by atoms with E-state index in [9.17, 15) is 0 Å². The molecule has 29 valence electrons. The summed E-state index contributed by atoms with van der Waals surface area (Å²) in [7, 11) is 0. The monoisotopic (exact) mass is 573 g/mol. The minimum atomic E-state index is 0. The molecule has 0 rings (SSSR count). The molecule has 0 nitrogen and oxygen atoms in total. The minimum Gasteiger partial charge on any atom is -1.00 e.